The molecule has 27 heavy (non-hydrogen) atoms. The molecule has 1 aliphatic carbocycles. The van der Waals surface area contributed by atoms with Gasteiger partial charge in [0.15, 0.2) is 9.84 Å². The quantitative estimate of drug-likeness (QED) is 0.868. The minimum absolute atomic E-state index is 0.0183. The summed E-state index contributed by atoms with van der Waals surface area (Å²) >= 11 is 0. The number of halogens is 1. The lowest BCUT2D eigenvalue weighted by Crippen LogP contribution is -2.38. The van der Waals surface area contributed by atoms with E-state index in [0.29, 0.717) is 17.7 Å². The van der Waals surface area contributed by atoms with E-state index in [4.69, 9.17) is 4.74 Å². The van der Waals surface area contributed by atoms with Crippen LogP contribution >= 0.6 is 0 Å². The Hall–Kier alpha value is -2.12. The van der Waals surface area contributed by atoms with Gasteiger partial charge < -0.3 is 9.84 Å². The molecule has 1 aliphatic heterocycles. The minimum Gasteiger partial charge on any atom is -0.508 e. The highest BCUT2D eigenvalue weighted by atomic mass is 32.2. The van der Waals surface area contributed by atoms with Gasteiger partial charge in [-0.1, -0.05) is 0 Å². The predicted molar refractivity (Wildman–Crippen MR) is 99.3 cm³/mol. The molecule has 7 heteroatoms. The molecule has 0 bridgehead atoms. The first-order chi connectivity index (χ1) is 12.8. The Balaban J connectivity index is 1.67. The number of ether oxygens (including phenoxy) is 1. The zero-order valence-corrected chi connectivity index (χ0v) is 15.9. The van der Waals surface area contributed by atoms with Crippen LogP contribution in [0.4, 0.5) is 4.39 Å². The first-order valence-corrected chi connectivity index (χ1v) is 10.9. The van der Waals surface area contributed by atoms with E-state index in [9.17, 15) is 17.9 Å². The summed E-state index contributed by atoms with van der Waals surface area (Å²) < 4.78 is 43.4. The zero-order chi connectivity index (χ0) is 19.2. The van der Waals surface area contributed by atoms with Gasteiger partial charge in [0.25, 0.3) is 0 Å². The number of phenolic OH excluding ortho intramolecular Hbond substituents is 1. The molecular weight excluding hydrogens is 369 g/mol. The Labute approximate surface area is 158 Å². The van der Waals surface area contributed by atoms with E-state index in [1.807, 2.05) is 0 Å². The Kier molecular flexibility index (Phi) is 4.60. The maximum Gasteiger partial charge on any atom is 0.175 e. The number of benzene rings is 2. The van der Waals surface area contributed by atoms with E-state index in [0.717, 1.165) is 43.8 Å². The normalized spacial score (nSPS) is 22.7. The van der Waals surface area contributed by atoms with Gasteiger partial charge in [0.1, 0.15) is 23.4 Å². The predicted octanol–water partition coefficient (Wildman–Crippen LogP) is 3.08. The third-order valence-corrected chi connectivity index (χ3v) is 6.55. The molecule has 144 valence electrons. The molecule has 1 N–H and O–H groups in total. The van der Waals surface area contributed by atoms with Crippen molar-refractivity contribution >= 4 is 9.84 Å². The Bertz CT molecular complexity index is 953. The van der Waals surface area contributed by atoms with Crippen LogP contribution < -0.4 is 4.74 Å². The van der Waals surface area contributed by atoms with Crippen molar-refractivity contribution in [1.29, 1.82) is 0 Å². The first kappa shape index (κ1) is 18.3. The van der Waals surface area contributed by atoms with Crippen molar-refractivity contribution in [2.24, 2.45) is 0 Å². The van der Waals surface area contributed by atoms with E-state index in [2.05, 4.69) is 4.90 Å². The van der Waals surface area contributed by atoms with Crippen LogP contribution in [0.5, 0.6) is 11.5 Å². The summed E-state index contributed by atoms with van der Waals surface area (Å²) in [6.07, 6.45) is 3.58. The second kappa shape index (κ2) is 6.80. The fourth-order valence-electron chi connectivity index (χ4n) is 4.09. The fourth-order valence-corrected chi connectivity index (χ4v) is 4.72. The number of fused-ring (bicyclic) bond motifs is 1. The second-order valence-corrected chi connectivity index (χ2v) is 9.30. The molecule has 0 aromatic heterocycles. The van der Waals surface area contributed by atoms with Crippen LogP contribution in [0.15, 0.2) is 41.3 Å². The molecule has 1 fully saturated rings. The number of phenols is 1. The van der Waals surface area contributed by atoms with Gasteiger partial charge in [-0.15, -0.1) is 0 Å². The third kappa shape index (κ3) is 3.53. The molecule has 0 spiro atoms. The average Bonchev–Trinajstić information content (AvgIpc) is 3.23. The molecule has 4 rings (SSSR count). The van der Waals surface area contributed by atoms with Gasteiger partial charge in [-0.05, 0) is 62.7 Å². The Morgan fingerprint density at radius 2 is 1.81 bits per heavy atom. The van der Waals surface area contributed by atoms with E-state index in [1.54, 1.807) is 12.1 Å². The van der Waals surface area contributed by atoms with Gasteiger partial charge in [0.2, 0.25) is 0 Å². The lowest BCUT2D eigenvalue weighted by molar-refractivity contribution is 0.0939. The van der Waals surface area contributed by atoms with Crippen LogP contribution in [0.1, 0.15) is 30.1 Å². The van der Waals surface area contributed by atoms with E-state index in [-0.39, 0.29) is 16.7 Å². The number of likely N-dealkylation sites (tertiary alicyclic amines) is 1. The van der Waals surface area contributed by atoms with Crippen LogP contribution in [-0.4, -0.2) is 43.8 Å². The molecule has 0 radical (unpaired) electrons. The molecular formula is C20H22FNO4S. The van der Waals surface area contributed by atoms with Crippen molar-refractivity contribution in [2.45, 2.75) is 36.3 Å². The van der Waals surface area contributed by atoms with E-state index >= 15 is 0 Å². The summed E-state index contributed by atoms with van der Waals surface area (Å²) in [7, 11) is -3.28. The molecule has 5 nitrogen and oxygen atoms in total. The number of nitrogens with zero attached hydrogens (tertiary/aromatic N) is 1. The van der Waals surface area contributed by atoms with E-state index < -0.39 is 21.8 Å². The lowest BCUT2D eigenvalue weighted by atomic mass is 10.1. The lowest BCUT2D eigenvalue weighted by Gasteiger charge is -2.30. The number of hydrogen-bond donors (Lipinski definition) is 1. The molecule has 2 aromatic carbocycles. The Morgan fingerprint density at radius 1 is 1.15 bits per heavy atom. The molecule has 2 aliphatic rings. The minimum atomic E-state index is -3.28. The molecule has 0 saturated carbocycles. The maximum atomic E-state index is 13.9. The van der Waals surface area contributed by atoms with Crippen molar-refractivity contribution in [1.82, 2.24) is 4.90 Å². The number of aromatic hydroxyl groups is 1. The van der Waals surface area contributed by atoms with Gasteiger partial charge >= 0.3 is 0 Å². The summed E-state index contributed by atoms with van der Waals surface area (Å²) in [6, 6.07) is 8.85. The largest absolute Gasteiger partial charge is 0.508 e. The molecule has 2 aromatic rings. The number of hydrogen-bond acceptors (Lipinski definition) is 5. The Morgan fingerprint density at radius 3 is 2.44 bits per heavy atom. The third-order valence-electron chi connectivity index (χ3n) is 5.42. The highest BCUT2D eigenvalue weighted by Gasteiger charge is 2.40. The van der Waals surface area contributed by atoms with Gasteiger partial charge in [0.05, 0.1) is 10.9 Å². The van der Waals surface area contributed by atoms with Gasteiger partial charge in [0, 0.05) is 23.4 Å². The van der Waals surface area contributed by atoms with Crippen LogP contribution in [-0.2, 0) is 16.3 Å². The molecule has 2 unspecified atom stereocenters. The fraction of sp³-hybridized carbons (Fsp3) is 0.400. The van der Waals surface area contributed by atoms with Crippen LogP contribution in [0.25, 0.3) is 0 Å². The van der Waals surface area contributed by atoms with Crippen LogP contribution in [0.2, 0.25) is 0 Å². The van der Waals surface area contributed by atoms with Gasteiger partial charge in [-0.2, -0.15) is 0 Å². The maximum absolute atomic E-state index is 13.9. The SMILES string of the molecule is CS(=O)(=O)c1ccc(OC2c3cc(F)cc(O)c3CC2N2CCCC2)cc1. The first-order valence-electron chi connectivity index (χ1n) is 9.05. The highest BCUT2D eigenvalue weighted by molar-refractivity contribution is 7.90. The standard InChI is InChI=1S/C20H22FNO4S/c1-27(24,25)15-6-4-14(5-7-15)26-20-17-10-13(21)11-19(23)16(17)12-18(20)22-8-2-3-9-22/h4-7,10-11,18,20,23H,2-3,8-9,12H2,1H3. The topological polar surface area (TPSA) is 66.8 Å². The summed E-state index contributed by atoms with van der Waals surface area (Å²) in [5.41, 5.74) is 1.39. The average molecular weight is 391 g/mol. The summed E-state index contributed by atoms with van der Waals surface area (Å²) in [5, 5.41) is 10.2. The summed E-state index contributed by atoms with van der Waals surface area (Å²) in [6.45, 7) is 1.91. The van der Waals surface area contributed by atoms with Gasteiger partial charge in [-0.25, -0.2) is 12.8 Å². The summed E-state index contributed by atoms with van der Waals surface area (Å²) in [5.74, 6) is -0.00438. The number of rotatable bonds is 4. The van der Waals surface area contributed by atoms with Gasteiger partial charge in [-0.3, -0.25) is 4.90 Å². The molecule has 1 heterocycles. The summed E-state index contributed by atoms with van der Waals surface area (Å²) in [4.78, 5) is 2.55. The molecule has 2 atom stereocenters. The van der Waals surface area contributed by atoms with Crippen molar-refractivity contribution in [3.63, 3.8) is 0 Å². The monoisotopic (exact) mass is 391 g/mol. The van der Waals surface area contributed by atoms with E-state index in [1.165, 1.54) is 18.2 Å². The second-order valence-electron chi connectivity index (χ2n) is 7.29. The number of sulfone groups is 1. The highest BCUT2D eigenvalue weighted by Crippen LogP contribution is 2.43. The zero-order valence-electron chi connectivity index (χ0n) is 15.1. The van der Waals surface area contributed by atoms with Crippen molar-refractivity contribution < 1.29 is 22.7 Å². The molecule has 1 saturated heterocycles. The van der Waals surface area contributed by atoms with Crippen LogP contribution in [0, 0.1) is 5.82 Å². The smallest absolute Gasteiger partial charge is 0.175 e. The van der Waals surface area contributed by atoms with Crippen molar-refractivity contribution in [2.75, 3.05) is 19.3 Å². The van der Waals surface area contributed by atoms with Crippen molar-refractivity contribution in [3.8, 4) is 11.5 Å². The molecule has 0 amide bonds. The van der Waals surface area contributed by atoms with Crippen molar-refractivity contribution in [3.05, 3.63) is 53.3 Å². The van der Waals surface area contributed by atoms with Crippen LogP contribution in [0.3, 0.4) is 0 Å².